The van der Waals surface area contributed by atoms with E-state index in [1.54, 1.807) is 0 Å². The zero-order valence-corrected chi connectivity index (χ0v) is 14.1. The maximum atomic E-state index is 6.16. The lowest BCUT2D eigenvalue weighted by Crippen LogP contribution is -2.13. The molecular formula is C19H34O. The molecule has 0 bridgehead atoms. The molecule has 20 heavy (non-hydrogen) atoms. The van der Waals surface area contributed by atoms with Crippen molar-refractivity contribution in [1.82, 2.24) is 0 Å². The van der Waals surface area contributed by atoms with Gasteiger partial charge >= 0.3 is 0 Å². The Balaban J connectivity index is 2.27. The lowest BCUT2D eigenvalue weighted by atomic mass is 9.88. The van der Waals surface area contributed by atoms with Crippen molar-refractivity contribution >= 4 is 0 Å². The standard InChI is InChI=1S/C19H34O/c1-7-8-9-18-13-17(6)19(20-18)11-10-15(4)12-16(5)14(2)3/h15-16,18-19H,2,6-13H2,1,3-5H3/t15-,16+,18-,19?/m0/s1. The summed E-state index contributed by atoms with van der Waals surface area (Å²) in [4.78, 5) is 0. The van der Waals surface area contributed by atoms with Gasteiger partial charge in [0.1, 0.15) is 0 Å². The minimum atomic E-state index is 0.319. The van der Waals surface area contributed by atoms with E-state index in [1.807, 2.05) is 0 Å². The normalized spacial score (nSPS) is 25.7. The van der Waals surface area contributed by atoms with Crippen molar-refractivity contribution in [3.8, 4) is 0 Å². The lowest BCUT2D eigenvalue weighted by molar-refractivity contribution is 0.0389. The summed E-state index contributed by atoms with van der Waals surface area (Å²) in [5.74, 6) is 1.38. The van der Waals surface area contributed by atoms with Crippen LogP contribution >= 0.6 is 0 Å². The third kappa shape index (κ3) is 5.83. The summed E-state index contributed by atoms with van der Waals surface area (Å²) in [6.07, 6.45) is 9.21. The van der Waals surface area contributed by atoms with Crippen LogP contribution in [0.2, 0.25) is 0 Å². The van der Waals surface area contributed by atoms with Gasteiger partial charge in [-0.15, -0.1) is 0 Å². The van der Waals surface area contributed by atoms with Crippen molar-refractivity contribution in [2.75, 3.05) is 0 Å². The molecule has 1 nitrogen and oxygen atoms in total. The van der Waals surface area contributed by atoms with Crippen LogP contribution in [-0.2, 0) is 4.74 Å². The fourth-order valence-corrected chi connectivity index (χ4v) is 3.03. The van der Waals surface area contributed by atoms with Gasteiger partial charge in [0.2, 0.25) is 0 Å². The smallest absolute Gasteiger partial charge is 0.0787 e. The number of ether oxygens (including phenoxy) is 1. The van der Waals surface area contributed by atoms with Gasteiger partial charge in [-0.2, -0.15) is 0 Å². The van der Waals surface area contributed by atoms with Gasteiger partial charge in [0.25, 0.3) is 0 Å². The number of rotatable bonds is 9. The summed E-state index contributed by atoms with van der Waals surface area (Å²) in [6, 6.07) is 0. The molecule has 0 amide bonds. The molecule has 0 spiro atoms. The molecule has 0 saturated carbocycles. The molecule has 1 saturated heterocycles. The second kappa shape index (κ2) is 8.67. The first kappa shape index (κ1) is 17.5. The Bertz CT molecular complexity index is 318. The van der Waals surface area contributed by atoms with Crippen LogP contribution in [0.5, 0.6) is 0 Å². The highest BCUT2D eigenvalue weighted by Crippen LogP contribution is 2.32. The van der Waals surface area contributed by atoms with Gasteiger partial charge in [0.15, 0.2) is 0 Å². The first-order valence-corrected chi connectivity index (χ1v) is 8.42. The van der Waals surface area contributed by atoms with E-state index in [4.69, 9.17) is 4.74 Å². The van der Waals surface area contributed by atoms with E-state index in [-0.39, 0.29) is 0 Å². The first-order chi connectivity index (χ1) is 9.43. The number of allylic oxidation sites excluding steroid dienone is 1. The van der Waals surface area contributed by atoms with E-state index in [0.717, 1.165) is 18.8 Å². The molecule has 0 aliphatic carbocycles. The van der Waals surface area contributed by atoms with Gasteiger partial charge in [-0.05, 0) is 56.4 Å². The average Bonchev–Trinajstić information content (AvgIpc) is 2.74. The van der Waals surface area contributed by atoms with E-state index in [9.17, 15) is 0 Å². The summed E-state index contributed by atoms with van der Waals surface area (Å²) in [6.45, 7) is 17.3. The summed E-state index contributed by atoms with van der Waals surface area (Å²) >= 11 is 0. The maximum absolute atomic E-state index is 6.16. The minimum absolute atomic E-state index is 0.319. The third-order valence-corrected chi connectivity index (χ3v) is 4.70. The van der Waals surface area contributed by atoms with Crippen molar-refractivity contribution in [1.29, 1.82) is 0 Å². The Kier molecular flexibility index (Phi) is 7.58. The number of unbranched alkanes of at least 4 members (excludes halogenated alkanes) is 1. The second-order valence-corrected chi connectivity index (χ2v) is 6.92. The lowest BCUT2D eigenvalue weighted by Gasteiger charge is -2.20. The molecule has 1 heterocycles. The van der Waals surface area contributed by atoms with Crippen LogP contribution < -0.4 is 0 Å². The predicted octanol–water partition coefficient (Wildman–Crippen LogP) is 5.91. The van der Waals surface area contributed by atoms with Crippen LogP contribution in [0.3, 0.4) is 0 Å². The average molecular weight is 278 g/mol. The summed E-state index contributed by atoms with van der Waals surface area (Å²) in [5, 5.41) is 0. The zero-order valence-electron chi connectivity index (χ0n) is 14.1. The largest absolute Gasteiger partial charge is 0.370 e. The van der Waals surface area contributed by atoms with Crippen molar-refractivity contribution in [3.63, 3.8) is 0 Å². The molecule has 116 valence electrons. The quantitative estimate of drug-likeness (QED) is 0.476. The monoisotopic (exact) mass is 278 g/mol. The molecule has 4 atom stereocenters. The highest BCUT2D eigenvalue weighted by molar-refractivity contribution is 5.09. The van der Waals surface area contributed by atoms with E-state index in [0.29, 0.717) is 18.1 Å². The summed E-state index contributed by atoms with van der Waals surface area (Å²) < 4.78 is 6.16. The fraction of sp³-hybridized carbons (Fsp3) is 0.789. The topological polar surface area (TPSA) is 9.23 Å². The van der Waals surface area contributed by atoms with Crippen LogP contribution in [0.1, 0.15) is 72.6 Å². The molecule has 0 radical (unpaired) electrons. The molecule has 1 rings (SSSR count). The Morgan fingerprint density at radius 3 is 2.65 bits per heavy atom. The highest BCUT2D eigenvalue weighted by atomic mass is 16.5. The van der Waals surface area contributed by atoms with E-state index >= 15 is 0 Å². The molecule has 0 aromatic carbocycles. The van der Waals surface area contributed by atoms with Gasteiger partial charge in [-0.3, -0.25) is 0 Å². The molecule has 0 N–H and O–H groups in total. The molecule has 1 fully saturated rings. The molecule has 1 aliphatic rings. The van der Waals surface area contributed by atoms with Crippen LogP contribution in [0.4, 0.5) is 0 Å². The van der Waals surface area contributed by atoms with Crippen LogP contribution in [0.15, 0.2) is 24.3 Å². The van der Waals surface area contributed by atoms with Crippen molar-refractivity contribution in [2.24, 2.45) is 11.8 Å². The van der Waals surface area contributed by atoms with Crippen LogP contribution in [0, 0.1) is 11.8 Å². The number of hydrogen-bond acceptors (Lipinski definition) is 1. The molecule has 1 heteroatoms. The Hall–Kier alpha value is -0.560. The van der Waals surface area contributed by atoms with E-state index in [1.165, 1.54) is 43.3 Å². The highest BCUT2D eigenvalue weighted by Gasteiger charge is 2.28. The zero-order chi connectivity index (χ0) is 15.1. The Labute approximate surface area is 126 Å². The van der Waals surface area contributed by atoms with Crippen LogP contribution in [-0.4, -0.2) is 12.2 Å². The summed E-state index contributed by atoms with van der Waals surface area (Å²) in [7, 11) is 0. The van der Waals surface area contributed by atoms with Crippen molar-refractivity contribution in [3.05, 3.63) is 24.3 Å². The molecular weight excluding hydrogens is 244 g/mol. The van der Waals surface area contributed by atoms with E-state index < -0.39 is 0 Å². The predicted molar refractivity (Wildman–Crippen MR) is 88.9 cm³/mol. The fourth-order valence-electron chi connectivity index (χ4n) is 3.03. The SMILES string of the molecule is C=C1C[C@H](CCCC)OC1CC[C@H](C)C[C@@H](C)C(=C)C. The van der Waals surface area contributed by atoms with Gasteiger partial charge in [-0.1, -0.05) is 52.3 Å². The second-order valence-electron chi connectivity index (χ2n) is 6.92. The van der Waals surface area contributed by atoms with Gasteiger partial charge in [0, 0.05) is 0 Å². The maximum Gasteiger partial charge on any atom is 0.0787 e. The third-order valence-electron chi connectivity index (χ3n) is 4.70. The Morgan fingerprint density at radius 2 is 2.05 bits per heavy atom. The van der Waals surface area contributed by atoms with Crippen molar-refractivity contribution < 1.29 is 4.74 Å². The van der Waals surface area contributed by atoms with Gasteiger partial charge < -0.3 is 4.74 Å². The molecule has 0 aromatic heterocycles. The Morgan fingerprint density at radius 1 is 1.35 bits per heavy atom. The number of hydrogen-bond donors (Lipinski definition) is 0. The molecule has 1 aliphatic heterocycles. The minimum Gasteiger partial charge on any atom is -0.370 e. The van der Waals surface area contributed by atoms with Gasteiger partial charge in [0.05, 0.1) is 12.2 Å². The van der Waals surface area contributed by atoms with E-state index in [2.05, 4.69) is 40.9 Å². The van der Waals surface area contributed by atoms with Crippen LogP contribution in [0.25, 0.3) is 0 Å². The molecule has 0 aromatic rings. The summed E-state index contributed by atoms with van der Waals surface area (Å²) in [5.41, 5.74) is 2.63. The van der Waals surface area contributed by atoms with Gasteiger partial charge in [-0.25, -0.2) is 0 Å². The molecule has 1 unspecified atom stereocenters. The van der Waals surface area contributed by atoms with Crippen molar-refractivity contribution in [2.45, 2.75) is 84.8 Å². The first-order valence-electron chi connectivity index (χ1n) is 8.42.